The zero-order valence-electron chi connectivity index (χ0n) is 15.4. The first-order valence-corrected chi connectivity index (χ1v) is 9.69. The van der Waals surface area contributed by atoms with Gasteiger partial charge in [-0.1, -0.05) is 53.8 Å². The third-order valence-electron chi connectivity index (χ3n) is 4.53. The summed E-state index contributed by atoms with van der Waals surface area (Å²) in [5, 5.41) is 5.38. The minimum atomic E-state index is -4.41. The molecule has 0 saturated heterocycles. The van der Waals surface area contributed by atoms with Crippen molar-refractivity contribution in [2.45, 2.75) is 25.9 Å². The fourth-order valence-electron chi connectivity index (χ4n) is 3.08. The number of rotatable bonds is 5. The third-order valence-corrected chi connectivity index (χ3v) is 5.53. The standard InChI is InChI=1S/C21H16F3N3OS/c1-13-25-12-19-27(13)26-20(29-19)16-7-5-14(6-8-16)10-18(28)11-15-3-2-4-17(9-15)21(22,23)24/h2-9,12H,10-11H2,1H3. The minimum Gasteiger partial charge on any atom is -0.299 e. The van der Waals surface area contributed by atoms with Crippen LogP contribution in [0.2, 0.25) is 0 Å². The second-order valence-corrected chi connectivity index (χ2v) is 7.76. The lowest BCUT2D eigenvalue weighted by atomic mass is 10.0. The summed E-state index contributed by atoms with van der Waals surface area (Å²) < 4.78 is 40.2. The molecule has 0 aliphatic carbocycles. The predicted molar refractivity (Wildman–Crippen MR) is 105 cm³/mol. The van der Waals surface area contributed by atoms with Crippen LogP contribution in [0.5, 0.6) is 0 Å². The first-order valence-electron chi connectivity index (χ1n) is 8.88. The Balaban J connectivity index is 1.44. The fourth-order valence-corrected chi connectivity index (χ4v) is 4.02. The Morgan fingerprint density at radius 2 is 1.79 bits per heavy atom. The zero-order valence-corrected chi connectivity index (χ0v) is 16.2. The number of hydrogen-bond donors (Lipinski definition) is 0. The van der Waals surface area contributed by atoms with Gasteiger partial charge in [0.1, 0.15) is 21.4 Å². The summed E-state index contributed by atoms with van der Waals surface area (Å²) in [6.07, 6.45) is -2.50. The summed E-state index contributed by atoms with van der Waals surface area (Å²) in [4.78, 5) is 17.5. The van der Waals surface area contributed by atoms with E-state index in [2.05, 4.69) is 10.1 Å². The molecule has 29 heavy (non-hydrogen) atoms. The molecule has 8 heteroatoms. The number of carbonyl (C=O) groups excluding carboxylic acids is 1. The highest BCUT2D eigenvalue weighted by Crippen LogP contribution is 2.30. The molecule has 0 spiro atoms. The van der Waals surface area contributed by atoms with Crippen molar-refractivity contribution < 1.29 is 18.0 Å². The van der Waals surface area contributed by atoms with Crippen LogP contribution < -0.4 is 0 Å². The van der Waals surface area contributed by atoms with Gasteiger partial charge in [-0.25, -0.2) is 9.50 Å². The molecule has 4 aromatic rings. The average molecular weight is 415 g/mol. The summed E-state index contributed by atoms with van der Waals surface area (Å²) in [6, 6.07) is 12.4. The Hall–Kier alpha value is -3.00. The lowest BCUT2D eigenvalue weighted by Gasteiger charge is -2.08. The van der Waals surface area contributed by atoms with Crippen molar-refractivity contribution in [2.75, 3.05) is 0 Å². The highest BCUT2D eigenvalue weighted by molar-refractivity contribution is 7.20. The monoisotopic (exact) mass is 415 g/mol. The first kappa shape index (κ1) is 19.3. The molecule has 0 atom stereocenters. The van der Waals surface area contributed by atoms with Crippen LogP contribution in [0.15, 0.2) is 54.7 Å². The van der Waals surface area contributed by atoms with Gasteiger partial charge in [0.05, 0.1) is 11.8 Å². The number of carbonyl (C=O) groups is 1. The Morgan fingerprint density at radius 1 is 1.07 bits per heavy atom. The molecule has 4 nitrogen and oxygen atoms in total. The van der Waals surface area contributed by atoms with Crippen LogP contribution in [0.1, 0.15) is 22.5 Å². The number of halogens is 3. The van der Waals surface area contributed by atoms with E-state index in [4.69, 9.17) is 0 Å². The average Bonchev–Trinajstić information content (AvgIpc) is 3.24. The Morgan fingerprint density at radius 3 is 2.48 bits per heavy atom. The van der Waals surface area contributed by atoms with Gasteiger partial charge in [-0.05, 0) is 24.1 Å². The molecule has 0 fully saturated rings. The summed E-state index contributed by atoms with van der Waals surface area (Å²) in [5.41, 5.74) is 1.38. The molecule has 148 valence electrons. The van der Waals surface area contributed by atoms with Crippen molar-refractivity contribution in [1.82, 2.24) is 14.6 Å². The highest BCUT2D eigenvalue weighted by atomic mass is 32.1. The second kappa shape index (κ2) is 7.44. The van der Waals surface area contributed by atoms with Gasteiger partial charge in [-0.2, -0.15) is 18.3 Å². The van der Waals surface area contributed by atoms with Gasteiger partial charge in [-0.3, -0.25) is 4.79 Å². The molecule has 4 rings (SSSR count). The van der Waals surface area contributed by atoms with Gasteiger partial charge in [0.2, 0.25) is 0 Å². The van der Waals surface area contributed by atoms with Gasteiger partial charge in [0.15, 0.2) is 0 Å². The molecule has 0 saturated carbocycles. The number of fused-ring (bicyclic) bond motifs is 1. The van der Waals surface area contributed by atoms with Crippen molar-refractivity contribution in [1.29, 1.82) is 0 Å². The first-order chi connectivity index (χ1) is 13.8. The number of alkyl halides is 3. The van der Waals surface area contributed by atoms with Gasteiger partial charge in [-0.15, -0.1) is 0 Å². The van der Waals surface area contributed by atoms with E-state index in [1.807, 2.05) is 31.2 Å². The van der Waals surface area contributed by atoms with Crippen LogP contribution in [0.25, 0.3) is 15.4 Å². The molecular weight excluding hydrogens is 399 g/mol. The Bertz CT molecular complexity index is 1180. The molecule has 2 heterocycles. The van der Waals surface area contributed by atoms with E-state index in [9.17, 15) is 18.0 Å². The molecule has 0 radical (unpaired) electrons. The van der Waals surface area contributed by atoms with Crippen molar-refractivity contribution in [3.8, 4) is 10.6 Å². The normalized spacial score (nSPS) is 11.9. The number of imidazole rings is 1. The van der Waals surface area contributed by atoms with Crippen molar-refractivity contribution in [3.05, 3.63) is 77.2 Å². The topological polar surface area (TPSA) is 47.3 Å². The summed E-state index contributed by atoms with van der Waals surface area (Å²) in [7, 11) is 0. The van der Waals surface area contributed by atoms with Crippen LogP contribution >= 0.6 is 11.3 Å². The number of aromatic nitrogens is 3. The molecule has 0 bridgehead atoms. The quantitative estimate of drug-likeness (QED) is 0.454. The largest absolute Gasteiger partial charge is 0.416 e. The SMILES string of the molecule is Cc1ncc2sc(-c3ccc(CC(=O)Cc4cccc(C(F)(F)F)c4)cc3)nn12. The summed E-state index contributed by atoms with van der Waals surface area (Å²) in [5.74, 6) is 0.682. The summed E-state index contributed by atoms with van der Waals surface area (Å²) >= 11 is 1.53. The van der Waals surface area contributed by atoms with Gasteiger partial charge in [0, 0.05) is 18.4 Å². The van der Waals surface area contributed by atoms with Crippen LogP contribution in [-0.2, 0) is 23.8 Å². The van der Waals surface area contributed by atoms with Crippen molar-refractivity contribution in [2.24, 2.45) is 0 Å². The van der Waals surface area contributed by atoms with Crippen molar-refractivity contribution >= 4 is 22.0 Å². The molecule has 0 aliphatic rings. The van der Waals surface area contributed by atoms with Crippen molar-refractivity contribution in [3.63, 3.8) is 0 Å². The number of Topliss-reactive ketones (excluding diaryl/α,β-unsaturated/α-hetero) is 1. The fraction of sp³-hybridized carbons (Fsp3) is 0.190. The predicted octanol–water partition coefficient (Wildman–Crippen LogP) is 5.14. The third kappa shape index (κ3) is 4.22. The second-order valence-electron chi connectivity index (χ2n) is 6.75. The number of ketones is 1. The maximum absolute atomic E-state index is 12.8. The maximum atomic E-state index is 12.8. The number of benzene rings is 2. The van der Waals surface area contributed by atoms with E-state index in [-0.39, 0.29) is 18.6 Å². The van der Waals surface area contributed by atoms with E-state index in [1.54, 1.807) is 10.7 Å². The maximum Gasteiger partial charge on any atom is 0.416 e. The lowest BCUT2D eigenvalue weighted by molar-refractivity contribution is -0.137. The van der Waals surface area contributed by atoms with E-state index in [0.29, 0.717) is 5.56 Å². The van der Waals surface area contributed by atoms with E-state index >= 15 is 0 Å². The van der Waals surface area contributed by atoms with Crippen LogP contribution in [0, 0.1) is 6.92 Å². The number of hydrogen-bond acceptors (Lipinski definition) is 4. The smallest absolute Gasteiger partial charge is 0.299 e. The van der Waals surface area contributed by atoms with E-state index < -0.39 is 11.7 Å². The zero-order chi connectivity index (χ0) is 20.6. The van der Waals surface area contributed by atoms with Gasteiger partial charge in [0.25, 0.3) is 0 Å². The van der Waals surface area contributed by atoms with Crippen LogP contribution in [-0.4, -0.2) is 20.4 Å². The van der Waals surface area contributed by atoms with E-state index in [1.165, 1.54) is 23.5 Å². The lowest BCUT2D eigenvalue weighted by Crippen LogP contribution is -2.09. The summed E-state index contributed by atoms with van der Waals surface area (Å²) in [6.45, 7) is 1.88. The van der Waals surface area contributed by atoms with Crippen LogP contribution in [0.3, 0.4) is 0 Å². The van der Waals surface area contributed by atoms with E-state index in [0.717, 1.165) is 38.9 Å². The van der Waals surface area contributed by atoms with Gasteiger partial charge >= 0.3 is 6.18 Å². The van der Waals surface area contributed by atoms with Crippen LogP contribution in [0.4, 0.5) is 13.2 Å². The van der Waals surface area contributed by atoms with Gasteiger partial charge < -0.3 is 0 Å². The Labute approximate surface area is 168 Å². The molecule has 0 unspecified atom stereocenters. The number of nitrogens with zero attached hydrogens (tertiary/aromatic N) is 3. The minimum absolute atomic E-state index is 0.0318. The molecule has 0 amide bonds. The Kier molecular flexibility index (Phi) is 4.96. The molecule has 2 aromatic heterocycles. The molecule has 0 N–H and O–H groups in total. The number of aryl methyl sites for hydroxylation is 1. The molecule has 2 aromatic carbocycles. The highest BCUT2D eigenvalue weighted by Gasteiger charge is 2.30. The molecular formula is C21H16F3N3OS. The molecule has 0 aliphatic heterocycles.